The Bertz CT molecular complexity index is 1600. The minimum absolute atomic E-state index is 0.0618. The maximum Gasteiger partial charge on any atom is 0.350 e. The van der Waals surface area contributed by atoms with Crippen LogP contribution in [0.25, 0.3) is 5.69 Å². The van der Waals surface area contributed by atoms with Gasteiger partial charge in [0.15, 0.2) is 0 Å². The van der Waals surface area contributed by atoms with Gasteiger partial charge < -0.3 is 19.3 Å². The molecule has 4 heterocycles. The average molecular weight is 584 g/mol. The monoisotopic (exact) mass is 583 g/mol. The highest BCUT2D eigenvalue weighted by Crippen LogP contribution is 2.29. The summed E-state index contributed by atoms with van der Waals surface area (Å²) in [7, 11) is 0. The number of benzene rings is 2. The molecule has 2 fully saturated rings. The molecule has 0 saturated carbocycles. The first kappa shape index (κ1) is 28.5. The molecule has 12 heteroatoms. The summed E-state index contributed by atoms with van der Waals surface area (Å²) in [6, 6.07) is 16.2. The van der Waals surface area contributed by atoms with Gasteiger partial charge in [-0.15, -0.1) is 0 Å². The molecular weight excluding hydrogens is 546 g/mol. The Morgan fingerprint density at radius 3 is 2.47 bits per heavy atom. The normalized spacial score (nSPS) is 19.4. The van der Waals surface area contributed by atoms with E-state index in [1.807, 2.05) is 44.2 Å². The first-order valence-corrected chi connectivity index (χ1v) is 14.9. The van der Waals surface area contributed by atoms with Crippen LogP contribution in [0.3, 0.4) is 0 Å². The van der Waals surface area contributed by atoms with Gasteiger partial charge in [-0.2, -0.15) is 25.4 Å². The van der Waals surface area contributed by atoms with E-state index < -0.39 is 0 Å². The van der Waals surface area contributed by atoms with Crippen molar-refractivity contribution in [3.63, 3.8) is 0 Å². The fourth-order valence-electron chi connectivity index (χ4n) is 5.73. The van der Waals surface area contributed by atoms with E-state index in [0.29, 0.717) is 31.1 Å². The summed E-state index contributed by atoms with van der Waals surface area (Å²) in [5, 5.41) is 22.5. The molecule has 0 aliphatic carbocycles. The molecule has 43 heavy (non-hydrogen) atoms. The summed E-state index contributed by atoms with van der Waals surface area (Å²) in [5.74, 6) is 0.987. The van der Waals surface area contributed by atoms with E-state index in [0.717, 1.165) is 56.1 Å². The number of hydrogen-bond acceptors (Lipinski definition) is 9. The molecule has 2 aromatic carbocycles. The zero-order valence-corrected chi connectivity index (χ0v) is 24.6. The van der Waals surface area contributed by atoms with Crippen molar-refractivity contribution in [3.8, 4) is 17.5 Å². The number of nitrogens with zero attached hydrogens (tertiary/aromatic N) is 9. The number of anilines is 2. The van der Waals surface area contributed by atoms with Gasteiger partial charge in [0.05, 0.1) is 61.2 Å². The zero-order chi connectivity index (χ0) is 29.8. The van der Waals surface area contributed by atoms with E-state index in [9.17, 15) is 10.1 Å². The third-order valence-electron chi connectivity index (χ3n) is 8.39. The highest BCUT2D eigenvalue weighted by atomic mass is 16.5. The van der Waals surface area contributed by atoms with Crippen LogP contribution in [-0.2, 0) is 11.3 Å². The molecule has 2 saturated heterocycles. The van der Waals surface area contributed by atoms with Gasteiger partial charge in [-0.25, -0.2) is 14.0 Å². The van der Waals surface area contributed by atoms with Gasteiger partial charge in [0, 0.05) is 37.8 Å². The van der Waals surface area contributed by atoms with Crippen molar-refractivity contribution in [3.05, 3.63) is 77.2 Å². The lowest BCUT2D eigenvalue weighted by molar-refractivity contribution is 0.0844. The molecule has 12 nitrogen and oxygen atoms in total. The highest BCUT2D eigenvalue weighted by Gasteiger charge is 2.27. The molecule has 2 aliphatic heterocycles. The van der Waals surface area contributed by atoms with Crippen molar-refractivity contribution >= 4 is 11.4 Å². The molecule has 3 atom stereocenters. The molecule has 0 spiro atoms. The Morgan fingerprint density at radius 1 is 1.02 bits per heavy atom. The largest absolute Gasteiger partial charge is 0.493 e. The van der Waals surface area contributed by atoms with Gasteiger partial charge in [-0.1, -0.05) is 6.92 Å². The third-order valence-corrected chi connectivity index (χ3v) is 8.39. The van der Waals surface area contributed by atoms with Gasteiger partial charge >= 0.3 is 5.69 Å². The molecule has 0 radical (unpaired) electrons. The fraction of sp³-hybridized carbons (Fsp3) is 0.452. The van der Waals surface area contributed by atoms with E-state index in [1.165, 1.54) is 4.68 Å². The number of hydrogen-bond donors (Lipinski definition) is 0. The van der Waals surface area contributed by atoms with Crippen LogP contribution in [0.5, 0.6) is 5.75 Å². The lowest BCUT2D eigenvalue weighted by Crippen LogP contribution is -2.46. The number of rotatable bonds is 10. The lowest BCUT2D eigenvalue weighted by atomic mass is 10.1. The van der Waals surface area contributed by atoms with Crippen LogP contribution < -0.4 is 20.2 Å². The van der Waals surface area contributed by atoms with Crippen molar-refractivity contribution in [2.24, 2.45) is 5.92 Å². The summed E-state index contributed by atoms with van der Waals surface area (Å²) in [4.78, 5) is 19.0. The predicted molar refractivity (Wildman–Crippen MR) is 162 cm³/mol. The van der Waals surface area contributed by atoms with Crippen molar-refractivity contribution in [2.75, 3.05) is 49.2 Å². The second kappa shape index (κ2) is 12.7. The maximum atomic E-state index is 12.8. The van der Waals surface area contributed by atoms with Crippen molar-refractivity contribution in [2.45, 2.75) is 45.4 Å². The molecule has 3 unspecified atom stereocenters. The molecule has 4 aromatic rings. The van der Waals surface area contributed by atoms with E-state index >= 15 is 0 Å². The predicted octanol–water partition coefficient (Wildman–Crippen LogP) is 3.28. The Kier molecular flexibility index (Phi) is 8.42. The number of aromatic nitrogens is 6. The Labute approximate surface area is 250 Å². The molecular formula is C31H37N9O3. The maximum absolute atomic E-state index is 12.8. The van der Waals surface area contributed by atoms with Crippen LogP contribution in [0.1, 0.15) is 38.3 Å². The van der Waals surface area contributed by atoms with E-state index in [1.54, 1.807) is 28.1 Å². The molecule has 6 rings (SSSR count). The molecule has 2 aliphatic rings. The van der Waals surface area contributed by atoms with Crippen molar-refractivity contribution < 1.29 is 9.47 Å². The lowest BCUT2D eigenvalue weighted by Gasteiger charge is -2.37. The van der Waals surface area contributed by atoms with E-state index in [2.05, 4.69) is 43.3 Å². The van der Waals surface area contributed by atoms with Crippen molar-refractivity contribution in [1.29, 1.82) is 5.26 Å². The van der Waals surface area contributed by atoms with Crippen molar-refractivity contribution in [1.82, 2.24) is 29.3 Å². The Balaban J connectivity index is 1.02. The van der Waals surface area contributed by atoms with Gasteiger partial charge in [0.1, 0.15) is 18.1 Å². The minimum Gasteiger partial charge on any atom is -0.493 e. The number of nitriles is 1. The van der Waals surface area contributed by atoms with Crippen LogP contribution in [-0.4, -0.2) is 74.8 Å². The van der Waals surface area contributed by atoms with Crippen LogP contribution in [0.15, 0.2) is 66.0 Å². The molecule has 0 amide bonds. The summed E-state index contributed by atoms with van der Waals surface area (Å²) < 4.78 is 15.1. The third kappa shape index (κ3) is 6.27. The first-order chi connectivity index (χ1) is 21.0. The van der Waals surface area contributed by atoms with Crippen LogP contribution in [0.2, 0.25) is 0 Å². The Hall–Kier alpha value is -4.63. The number of piperazine rings is 1. The fourth-order valence-corrected chi connectivity index (χ4v) is 5.73. The number of ether oxygens (including phenoxy) is 2. The quantitative estimate of drug-likeness (QED) is 0.277. The van der Waals surface area contributed by atoms with E-state index in [-0.39, 0.29) is 23.8 Å². The highest BCUT2D eigenvalue weighted by molar-refractivity contribution is 5.63. The summed E-state index contributed by atoms with van der Waals surface area (Å²) >= 11 is 0. The molecule has 0 N–H and O–H groups in total. The zero-order valence-electron chi connectivity index (χ0n) is 24.6. The topological polar surface area (TPSA) is 119 Å². The minimum atomic E-state index is -0.124. The standard InChI is InChI=1S/C31H37N9O3/c1-3-23(2)40-31(41)38(22-35-40)27-6-4-26(5-7-27)36-12-14-37(15-13-36)30-9-8-28(17-25(30)18-32)42-20-24-16-29(43-21-24)19-39-33-10-11-34-39/h4-11,17,22-24,29H,3,12-16,19-21H2,1-2H3. The second-order valence-electron chi connectivity index (χ2n) is 11.2. The van der Waals surface area contributed by atoms with Crippen LogP contribution in [0, 0.1) is 17.2 Å². The van der Waals surface area contributed by atoms with Gasteiger partial charge in [0.2, 0.25) is 0 Å². The molecule has 2 aromatic heterocycles. The van der Waals surface area contributed by atoms with Gasteiger partial charge in [-0.3, -0.25) is 0 Å². The SMILES string of the molecule is CCC(C)n1ncn(-c2ccc(N3CCN(c4ccc(OCC5COC(Cn6nccn6)C5)cc4C#N)CC3)cc2)c1=O. The smallest absolute Gasteiger partial charge is 0.350 e. The van der Waals surface area contributed by atoms with Gasteiger partial charge in [0.25, 0.3) is 0 Å². The van der Waals surface area contributed by atoms with Gasteiger partial charge in [-0.05, 0) is 62.2 Å². The summed E-state index contributed by atoms with van der Waals surface area (Å²) in [6.07, 6.45) is 6.74. The average Bonchev–Trinajstić information content (AvgIpc) is 3.82. The molecule has 224 valence electrons. The summed E-state index contributed by atoms with van der Waals surface area (Å²) in [5.41, 5.74) is 3.33. The first-order valence-electron chi connectivity index (χ1n) is 14.9. The molecule has 0 bridgehead atoms. The second-order valence-corrected chi connectivity index (χ2v) is 11.2. The summed E-state index contributed by atoms with van der Waals surface area (Å²) in [6.45, 7) is 9.10. The van der Waals surface area contributed by atoms with Crippen LogP contribution >= 0.6 is 0 Å². The van der Waals surface area contributed by atoms with E-state index in [4.69, 9.17) is 9.47 Å². The van der Waals surface area contributed by atoms with Crippen LogP contribution in [0.4, 0.5) is 11.4 Å². The Morgan fingerprint density at radius 2 is 1.74 bits per heavy atom.